The summed E-state index contributed by atoms with van der Waals surface area (Å²) in [5.41, 5.74) is 7.13. The number of rotatable bonds is 3. The van der Waals surface area contributed by atoms with E-state index in [1.54, 1.807) is 10.7 Å². The second kappa shape index (κ2) is 4.40. The van der Waals surface area contributed by atoms with Crippen molar-refractivity contribution in [2.75, 3.05) is 0 Å². The molecular formula is C11H13FN4. The number of benzene rings is 1. The quantitative estimate of drug-likeness (QED) is 0.851. The molecule has 0 atom stereocenters. The van der Waals surface area contributed by atoms with Gasteiger partial charge in [-0.3, -0.25) is 0 Å². The molecule has 84 valence electrons. The Balaban J connectivity index is 2.58. The number of hydrogen-bond donors (Lipinski definition) is 1. The van der Waals surface area contributed by atoms with Crippen LogP contribution in [0.5, 0.6) is 0 Å². The highest BCUT2D eigenvalue weighted by molar-refractivity contribution is 5.41. The first-order valence-corrected chi connectivity index (χ1v) is 5.14. The summed E-state index contributed by atoms with van der Waals surface area (Å²) >= 11 is 0. The van der Waals surface area contributed by atoms with Crippen LogP contribution in [-0.2, 0) is 13.0 Å². The Morgan fingerprint density at radius 3 is 2.94 bits per heavy atom. The molecule has 5 heteroatoms. The van der Waals surface area contributed by atoms with Crippen LogP contribution >= 0.6 is 0 Å². The lowest BCUT2D eigenvalue weighted by atomic mass is 10.1. The van der Waals surface area contributed by atoms with Crippen molar-refractivity contribution in [3.8, 4) is 5.69 Å². The van der Waals surface area contributed by atoms with Crippen molar-refractivity contribution in [2.45, 2.75) is 19.9 Å². The Hall–Kier alpha value is -1.75. The highest BCUT2D eigenvalue weighted by Crippen LogP contribution is 2.16. The standard InChI is InChI=1S/C11H13FN4/c1-2-11-14-7-15-16(11)10-5-9(12)4-3-8(10)6-13/h3-5,7H,2,6,13H2,1H3. The zero-order chi connectivity index (χ0) is 11.5. The fraction of sp³-hybridized carbons (Fsp3) is 0.273. The minimum absolute atomic E-state index is 0.301. The average Bonchev–Trinajstić information content (AvgIpc) is 2.76. The van der Waals surface area contributed by atoms with Crippen molar-refractivity contribution in [1.29, 1.82) is 0 Å². The molecule has 2 rings (SSSR count). The van der Waals surface area contributed by atoms with Gasteiger partial charge < -0.3 is 5.73 Å². The molecule has 0 unspecified atom stereocenters. The maximum atomic E-state index is 13.2. The molecule has 1 heterocycles. The van der Waals surface area contributed by atoms with Crippen LogP contribution < -0.4 is 5.73 Å². The number of aryl methyl sites for hydroxylation is 1. The van der Waals surface area contributed by atoms with Crippen LogP contribution in [0.3, 0.4) is 0 Å². The average molecular weight is 220 g/mol. The van der Waals surface area contributed by atoms with Gasteiger partial charge in [0, 0.05) is 13.0 Å². The number of nitrogens with zero attached hydrogens (tertiary/aromatic N) is 3. The molecule has 0 fully saturated rings. The van der Waals surface area contributed by atoms with Gasteiger partial charge in [-0.25, -0.2) is 14.1 Å². The van der Waals surface area contributed by atoms with Crippen LogP contribution in [0.1, 0.15) is 18.3 Å². The van der Waals surface area contributed by atoms with Crippen LogP contribution in [-0.4, -0.2) is 14.8 Å². The minimum Gasteiger partial charge on any atom is -0.326 e. The molecule has 0 saturated heterocycles. The van der Waals surface area contributed by atoms with Crippen molar-refractivity contribution < 1.29 is 4.39 Å². The highest BCUT2D eigenvalue weighted by atomic mass is 19.1. The summed E-state index contributed by atoms with van der Waals surface area (Å²) in [6, 6.07) is 4.50. The molecule has 2 aromatic rings. The number of hydrogen-bond acceptors (Lipinski definition) is 3. The molecule has 2 N–H and O–H groups in total. The second-order valence-electron chi connectivity index (χ2n) is 3.42. The molecule has 0 aliphatic carbocycles. The predicted octanol–water partition coefficient (Wildman–Crippen LogP) is 1.43. The summed E-state index contributed by atoms with van der Waals surface area (Å²) in [6.07, 6.45) is 2.20. The summed E-state index contributed by atoms with van der Waals surface area (Å²) in [5, 5.41) is 4.09. The monoisotopic (exact) mass is 220 g/mol. The Labute approximate surface area is 92.9 Å². The Morgan fingerprint density at radius 1 is 1.44 bits per heavy atom. The first-order chi connectivity index (χ1) is 7.76. The molecule has 1 aromatic heterocycles. The summed E-state index contributed by atoms with van der Waals surface area (Å²) in [7, 11) is 0. The van der Waals surface area contributed by atoms with Crippen LogP contribution in [0.4, 0.5) is 4.39 Å². The minimum atomic E-state index is -0.301. The molecule has 0 amide bonds. The Morgan fingerprint density at radius 2 is 2.25 bits per heavy atom. The molecule has 4 nitrogen and oxygen atoms in total. The molecule has 0 radical (unpaired) electrons. The number of nitrogens with two attached hydrogens (primary N) is 1. The Kier molecular flexibility index (Phi) is 2.96. The second-order valence-corrected chi connectivity index (χ2v) is 3.42. The smallest absolute Gasteiger partial charge is 0.138 e. The molecule has 0 aliphatic rings. The van der Waals surface area contributed by atoms with Crippen molar-refractivity contribution in [3.63, 3.8) is 0 Å². The molecule has 16 heavy (non-hydrogen) atoms. The van der Waals surface area contributed by atoms with Crippen molar-refractivity contribution in [1.82, 2.24) is 14.8 Å². The summed E-state index contributed by atoms with van der Waals surface area (Å²) in [6.45, 7) is 2.32. The van der Waals surface area contributed by atoms with Gasteiger partial charge >= 0.3 is 0 Å². The van der Waals surface area contributed by atoms with E-state index in [0.717, 1.165) is 17.8 Å². The van der Waals surface area contributed by atoms with E-state index in [0.29, 0.717) is 12.2 Å². The largest absolute Gasteiger partial charge is 0.326 e. The molecule has 0 saturated carbocycles. The normalized spacial score (nSPS) is 10.7. The maximum absolute atomic E-state index is 13.2. The van der Waals surface area contributed by atoms with Gasteiger partial charge in [-0.1, -0.05) is 13.0 Å². The Bertz CT molecular complexity index is 492. The van der Waals surface area contributed by atoms with E-state index in [2.05, 4.69) is 10.1 Å². The topological polar surface area (TPSA) is 56.7 Å². The van der Waals surface area contributed by atoms with Gasteiger partial charge in [0.1, 0.15) is 18.0 Å². The summed E-state index contributed by atoms with van der Waals surface area (Å²) in [5.74, 6) is 0.491. The zero-order valence-electron chi connectivity index (χ0n) is 9.02. The van der Waals surface area contributed by atoms with Gasteiger partial charge in [-0.05, 0) is 17.7 Å². The number of aromatic nitrogens is 3. The lowest BCUT2D eigenvalue weighted by Gasteiger charge is -2.09. The highest BCUT2D eigenvalue weighted by Gasteiger charge is 2.09. The van der Waals surface area contributed by atoms with Crippen LogP contribution in [0.25, 0.3) is 5.69 Å². The zero-order valence-corrected chi connectivity index (χ0v) is 9.02. The van der Waals surface area contributed by atoms with Gasteiger partial charge in [0.15, 0.2) is 0 Å². The summed E-state index contributed by atoms with van der Waals surface area (Å²) in [4.78, 5) is 4.10. The molecule has 0 bridgehead atoms. The third kappa shape index (κ3) is 1.81. The van der Waals surface area contributed by atoms with Crippen LogP contribution in [0.15, 0.2) is 24.5 Å². The van der Waals surface area contributed by atoms with Gasteiger partial charge in [0.05, 0.1) is 5.69 Å². The number of halogens is 1. The molecule has 0 spiro atoms. The summed E-state index contributed by atoms with van der Waals surface area (Å²) < 4.78 is 14.8. The van der Waals surface area contributed by atoms with E-state index in [-0.39, 0.29) is 5.82 Å². The fourth-order valence-electron chi connectivity index (χ4n) is 1.61. The van der Waals surface area contributed by atoms with Gasteiger partial charge in [0.25, 0.3) is 0 Å². The fourth-order valence-corrected chi connectivity index (χ4v) is 1.61. The van der Waals surface area contributed by atoms with Crippen molar-refractivity contribution in [2.24, 2.45) is 5.73 Å². The molecular weight excluding hydrogens is 207 g/mol. The van der Waals surface area contributed by atoms with E-state index in [1.165, 1.54) is 18.5 Å². The van der Waals surface area contributed by atoms with E-state index >= 15 is 0 Å². The molecule has 0 aliphatic heterocycles. The maximum Gasteiger partial charge on any atom is 0.138 e. The van der Waals surface area contributed by atoms with Gasteiger partial charge in [-0.15, -0.1) is 0 Å². The van der Waals surface area contributed by atoms with Crippen molar-refractivity contribution in [3.05, 3.63) is 41.7 Å². The van der Waals surface area contributed by atoms with Crippen molar-refractivity contribution >= 4 is 0 Å². The lowest BCUT2D eigenvalue weighted by molar-refractivity contribution is 0.623. The van der Waals surface area contributed by atoms with Crippen LogP contribution in [0, 0.1) is 5.82 Å². The third-order valence-electron chi connectivity index (χ3n) is 2.43. The van der Waals surface area contributed by atoms with E-state index in [9.17, 15) is 4.39 Å². The predicted molar refractivity (Wildman–Crippen MR) is 58.6 cm³/mol. The SMILES string of the molecule is CCc1ncnn1-c1cc(F)ccc1CN. The van der Waals surface area contributed by atoms with E-state index < -0.39 is 0 Å². The van der Waals surface area contributed by atoms with Crippen LogP contribution in [0.2, 0.25) is 0 Å². The third-order valence-corrected chi connectivity index (χ3v) is 2.43. The first-order valence-electron chi connectivity index (χ1n) is 5.14. The van der Waals surface area contributed by atoms with Gasteiger partial charge in [-0.2, -0.15) is 5.10 Å². The van der Waals surface area contributed by atoms with E-state index in [4.69, 9.17) is 5.73 Å². The first kappa shape index (κ1) is 10.8. The van der Waals surface area contributed by atoms with E-state index in [1.807, 2.05) is 6.92 Å². The lowest BCUT2D eigenvalue weighted by Crippen LogP contribution is -2.08. The van der Waals surface area contributed by atoms with Gasteiger partial charge in [0.2, 0.25) is 0 Å². The molecule has 1 aromatic carbocycles.